The number of rotatable bonds is 4. The molecule has 4 rings (SSSR count). The van der Waals surface area contributed by atoms with Gasteiger partial charge in [-0.2, -0.15) is 0 Å². The van der Waals surface area contributed by atoms with E-state index >= 15 is 0 Å². The maximum absolute atomic E-state index is 3.80. The molecule has 6 heteroatoms. The molecule has 3 aromatic rings. The molecule has 0 saturated carbocycles. The molecule has 0 aliphatic carbocycles. The Morgan fingerprint density at radius 3 is 2.37 bits per heavy atom. The standard InChI is InChI=1S/C21H24Br3N3/c1-13-11-26(12-14(2)25-13)6-3-7-27-20-5-4-15(22)8-17(20)18-9-16(23)10-19(24)21(18)27/h4-5,8-10,13-14,25H,3,6-7,11-12H2,1-2H3/t13-,14+. The van der Waals surface area contributed by atoms with E-state index < -0.39 is 0 Å². The number of benzene rings is 2. The second kappa shape index (κ2) is 8.15. The van der Waals surface area contributed by atoms with Crippen LogP contribution in [0.1, 0.15) is 20.3 Å². The molecule has 144 valence electrons. The Hall–Kier alpha value is -0.400. The van der Waals surface area contributed by atoms with Gasteiger partial charge < -0.3 is 14.8 Å². The number of hydrogen-bond donors (Lipinski definition) is 1. The van der Waals surface area contributed by atoms with E-state index in [-0.39, 0.29) is 0 Å². The number of aryl methyl sites for hydroxylation is 1. The van der Waals surface area contributed by atoms with Gasteiger partial charge in [-0.1, -0.05) is 31.9 Å². The number of aromatic nitrogens is 1. The molecule has 1 aliphatic rings. The molecular formula is C21H24Br3N3. The Bertz CT molecular complexity index is 972. The summed E-state index contributed by atoms with van der Waals surface area (Å²) in [6.45, 7) is 9.00. The fourth-order valence-corrected chi connectivity index (χ4v) is 6.23. The number of nitrogens with zero attached hydrogens (tertiary/aromatic N) is 2. The molecule has 0 unspecified atom stereocenters. The summed E-state index contributed by atoms with van der Waals surface area (Å²) < 4.78 is 5.84. The number of halogens is 3. The molecular weight excluding hydrogens is 534 g/mol. The van der Waals surface area contributed by atoms with Gasteiger partial charge >= 0.3 is 0 Å². The average Bonchev–Trinajstić information content (AvgIpc) is 2.87. The van der Waals surface area contributed by atoms with Crippen LogP contribution in [-0.2, 0) is 6.54 Å². The van der Waals surface area contributed by atoms with Crippen molar-refractivity contribution in [3.8, 4) is 0 Å². The third kappa shape index (κ3) is 4.15. The topological polar surface area (TPSA) is 20.2 Å². The normalized spacial score (nSPS) is 21.4. The van der Waals surface area contributed by atoms with Gasteiger partial charge in [-0.05, 0) is 73.1 Å². The second-order valence-corrected chi connectivity index (χ2v) is 10.4. The lowest BCUT2D eigenvalue weighted by molar-refractivity contribution is 0.170. The largest absolute Gasteiger partial charge is 0.340 e. The highest BCUT2D eigenvalue weighted by molar-refractivity contribution is 9.11. The number of fused-ring (bicyclic) bond motifs is 3. The molecule has 2 aromatic carbocycles. The van der Waals surface area contributed by atoms with Crippen molar-refractivity contribution in [3.05, 3.63) is 43.7 Å². The van der Waals surface area contributed by atoms with Crippen LogP contribution >= 0.6 is 47.8 Å². The van der Waals surface area contributed by atoms with Gasteiger partial charge in [0.15, 0.2) is 0 Å². The van der Waals surface area contributed by atoms with Crippen LogP contribution in [0, 0.1) is 0 Å². The molecule has 1 aromatic heterocycles. The predicted molar refractivity (Wildman–Crippen MR) is 126 cm³/mol. The minimum absolute atomic E-state index is 0.575. The third-order valence-electron chi connectivity index (χ3n) is 5.33. The van der Waals surface area contributed by atoms with Gasteiger partial charge in [0, 0.05) is 61.4 Å². The van der Waals surface area contributed by atoms with Crippen LogP contribution in [0.2, 0.25) is 0 Å². The summed E-state index contributed by atoms with van der Waals surface area (Å²) >= 11 is 11.1. The molecule has 0 bridgehead atoms. The van der Waals surface area contributed by atoms with E-state index in [4.69, 9.17) is 0 Å². The van der Waals surface area contributed by atoms with Gasteiger partial charge in [0.25, 0.3) is 0 Å². The molecule has 1 fully saturated rings. The second-order valence-electron chi connectivity index (χ2n) is 7.68. The Morgan fingerprint density at radius 2 is 1.63 bits per heavy atom. The summed E-state index contributed by atoms with van der Waals surface area (Å²) in [4.78, 5) is 2.60. The highest BCUT2D eigenvalue weighted by Crippen LogP contribution is 2.37. The van der Waals surface area contributed by atoms with Crippen LogP contribution in [0.3, 0.4) is 0 Å². The van der Waals surface area contributed by atoms with Crippen LogP contribution in [0.25, 0.3) is 21.8 Å². The van der Waals surface area contributed by atoms with E-state index in [9.17, 15) is 0 Å². The Balaban J connectivity index is 1.64. The number of piperazine rings is 1. The van der Waals surface area contributed by atoms with Crippen LogP contribution in [0.15, 0.2) is 43.7 Å². The van der Waals surface area contributed by atoms with E-state index in [1.165, 1.54) is 21.8 Å². The van der Waals surface area contributed by atoms with E-state index in [1.54, 1.807) is 0 Å². The van der Waals surface area contributed by atoms with Crippen molar-refractivity contribution >= 4 is 69.6 Å². The quantitative estimate of drug-likeness (QED) is 0.415. The molecule has 0 amide bonds. The number of hydrogen-bond acceptors (Lipinski definition) is 2. The minimum Gasteiger partial charge on any atom is -0.340 e. The zero-order valence-electron chi connectivity index (χ0n) is 15.6. The lowest BCUT2D eigenvalue weighted by atomic mass is 10.1. The number of nitrogens with one attached hydrogen (secondary N) is 1. The zero-order valence-corrected chi connectivity index (χ0v) is 20.4. The highest BCUT2D eigenvalue weighted by Gasteiger charge is 2.20. The fourth-order valence-electron chi connectivity index (χ4n) is 4.43. The first-order chi connectivity index (χ1) is 12.9. The Kier molecular flexibility index (Phi) is 6.01. The molecule has 1 saturated heterocycles. The third-order valence-corrected chi connectivity index (χ3v) is 6.88. The van der Waals surface area contributed by atoms with Crippen molar-refractivity contribution < 1.29 is 0 Å². The average molecular weight is 558 g/mol. The van der Waals surface area contributed by atoms with Gasteiger partial charge in [0.05, 0.1) is 5.52 Å². The van der Waals surface area contributed by atoms with E-state index in [1.807, 2.05) is 0 Å². The van der Waals surface area contributed by atoms with Crippen molar-refractivity contribution in [2.24, 2.45) is 0 Å². The van der Waals surface area contributed by atoms with E-state index in [2.05, 4.69) is 107 Å². The fraction of sp³-hybridized carbons (Fsp3) is 0.429. The van der Waals surface area contributed by atoms with Crippen LogP contribution < -0.4 is 5.32 Å². The van der Waals surface area contributed by atoms with Gasteiger partial charge in [0.1, 0.15) is 0 Å². The summed E-state index contributed by atoms with van der Waals surface area (Å²) in [5.74, 6) is 0. The van der Waals surface area contributed by atoms with Crippen molar-refractivity contribution in [1.29, 1.82) is 0 Å². The van der Waals surface area contributed by atoms with Gasteiger partial charge in [-0.15, -0.1) is 0 Å². The Morgan fingerprint density at radius 1 is 0.926 bits per heavy atom. The van der Waals surface area contributed by atoms with Gasteiger partial charge in [-0.25, -0.2) is 0 Å². The Labute approximate surface area is 185 Å². The minimum atomic E-state index is 0.575. The van der Waals surface area contributed by atoms with Crippen LogP contribution in [-0.4, -0.2) is 41.2 Å². The van der Waals surface area contributed by atoms with Crippen LogP contribution in [0.4, 0.5) is 0 Å². The SMILES string of the molecule is C[C@@H]1CN(CCCn2c3ccc(Br)cc3c3cc(Br)cc(Br)c32)C[C@H](C)N1. The van der Waals surface area contributed by atoms with Crippen molar-refractivity contribution in [1.82, 2.24) is 14.8 Å². The van der Waals surface area contributed by atoms with Crippen molar-refractivity contribution in [2.45, 2.75) is 38.9 Å². The van der Waals surface area contributed by atoms with E-state index in [0.29, 0.717) is 12.1 Å². The summed E-state index contributed by atoms with van der Waals surface area (Å²) in [5.41, 5.74) is 2.59. The molecule has 0 radical (unpaired) electrons. The zero-order chi connectivity index (χ0) is 19.1. The molecule has 1 aliphatic heterocycles. The lowest BCUT2D eigenvalue weighted by Crippen LogP contribution is -2.54. The first-order valence-corrected chi connectivity index (χ1v) is 11.8. The van der Waals surface area contributed by atoms with Gasteiger partial charge in [-0.3, -0.25) is 0 Å². The summed E-state index contributed by atoms with van der Waals surface area (Å²) in [6, 6.07) is 12.1. The maximum Gasteiger partial charge on any atom is 0.0636 e. The molecule has 3 nitrogen and oxygen atoms in total. The van der Waals surface area contributed by atoms with Gasteiger partial charge in [0.2, 0.25) is 0 Å². The molecule has 1 N–H and O–H groups in total. The molecule has 0 spiro atoms. The predicted octanol–water partition coefficient (Wildman–Crippen LogP) is 6.15. The van der Waals surface area contributed by atoms with Crippen molar-refractivity contribution in [2.75, 3.05) is 19.6 Å². The van der Waals surface area contributed by atoms with E-state index in [0.717, 1.165) is 46.0 Å². The molecule has 2 heterocycles. The molecule has 2 atom stereocenters. The summed E-state index contributed by atoms with van der Waals surface area (Å²) in [6.07, 6.45) is 1.15. The summed E-state index contributed by atoms with van der Waals surface area (Å²) in [5, 5.41) is 6.20. The first kappa shape index (κ1) is 19.9. The maximum atomic E-state index is 3.80. The first-order valence-electron chi connectivity index (χ1n) is 9.47. The highest BCUT2D eigenvalue weighted by atomic mass is 79.9. The monoisotopic (exact) mass is 555 g/mol. The van der Waals surface area contributed by atoms with Crippen molar-refractivity contribution in [3.63, 3.8) is 0 Å². The summed E-state index contributed by atoms with van der Waals surface area (Å²) in [7, 11) is 0. The lowest BCUT2D eigenvalue weighted by Gasteiger charge is -2.36. The smallest absolute Gasteiger partial charge is 0.0636 e. The molecule has 27 heavy (non-hydrogen) atoms. The van der Waals surface area contributed by atoms with Crippen LogP contribution in [0.5, 0.6) is 0 Å².